The molecule has 0 aliphatic rings. The number of aromatic carboxylic acids is 1. The van der Waals surface area contributed by atoms with Gasteiger partial charge in [-0.3, -0.25) is 4.79 Å². The monoisotopic (exact) mass is 280 g/mol. The number of anilines is 1. The maximum Gasteiger partial charge on any atom is 0.337 e. The van der Waals surface area contributed by atoms with Gasteiger partial charge in [0.15, 0.2) is 6.39 Å². The van der Waals surface area contributed by atoms with Crippen molar-refractivity contribution < 1.29 is 19.1 Å². The van der Waals surface area contributed by atoms with Crippen LogP contribution in [0.25, 0.3) is 0 Å². The Hall–Kier alpha value is -2.34. The zero-order valence-corrected chi connectivity index (χ0v) is 10.6. The molecule has 0 unspecified atom stereocenters. The molecule has 2 N–H and O–H groups in total. The van der Waals surface area contributed by atoms with Crippen LogP contribution < -0.4 is 5.32 Å². The topological polar surface area (TPSA) is 92.4 Å². The van der Waals surface area contributed by atoms with Crippen molar-refractivity contribution in [2.45, 2.75) is 6.92 Å². The molecule has 2 rings (SSSR count). The molecule has 1 aromatic heterocycles. The van der Waals surface area contributed by atoms with Crippen LogP contribution in [0.4, 0.5) is 5.69 Å². The molecule has 0 radical (unpaired) electrons. The summed E-state index contributed by atoms with van der Waals surface area (Å²) in [5, 5.41) is 11.6. The summed E-state index contributed by atoms with van der Waals surface area (Å²) in [7, 11) is 0. The lowest BCUT2D eigenvalue weighted by Gasteiger charge is -2.09. The summed E-state index contributed by atoms with van der Waals surface area (Å²) < 4.78 is 4.92. The van der Waals surface area contributed by atoms with Crippen molar-refractivity contribution in [3.05, 3.63) is 46.6 Å². The van der Waals surface area contributed by atoms with Crippen molar-refractivity contribution in [2.24, 2.45) is 0 Å². The number of rotatable bonds is 3. The fraction of sp³-hybridized carbons (Fsp3) is 0.0833. The molecule has 0 fully saturated rings. The average Bonchev–Trinajstić information content (AvgIpc) is 2.77. The molecule has 0 atom stereocenters. The van der Waals surface area contributed by atoms with Gasteiger partial charge < -0.3 is 14.8 Å². The Kier molecular flexibility index (Phi) is 3.52. The van der Waals surface area contributed by atoms with Crippen LogP contribution in [0.15, 0.2) is 29.0 Å². The summed E-state index contributed by atoms with van der Waals surface area (Å²) in [5.41, 5.74) is 0.330. The van der Waals surface area contributed by atoms with Gasteiger partial charge in [-0.15, -0.1) is 0 Å². The number of halogens is 1. The predicted molar refractivity (Wildman–Crippen MR) is 67.6 cm³/mol. The van der Waals surface area contributed by atoms with E-state index in [9.17, 15) is 9.59 Å². The van der Waals surface area contributed by atoms with Gasteiger partial charge in [-0.2, -0.15) is 0 Å². The maximum atomic E-state index is 11.9. The Morgan fingerprint density at radius 2 is 2.16 bits per heavy atom. The van der Waals surface area contributed by atoms with E-state index in [4.69, 9.17) is 21.1 Å². The molecule has 19 heavy (non-hydrogen) atoms. The van der Waals surface area contributed by atoms with E-state index in [1.54, 1.807) is 6.92 Å². The number of aryl methyl sites for hydroxylation is 1. The molecule has 0 spiro atoms. The minimum atomic E-state index is -1.19. The number of carboxylic acid groups (broad SMARTS) is 1. The summed E-state index contributed by atoms with van der Waals surface area (Å²) >= 11 is 5.89. The molecule has 0 aliphatic carbocycles. The van der Waals surface area contributed by atoms with E-state index in [0.29, 0.717) is 5.69 Å². The SMILES string of the molecule is Cc1ncoc1C(=O)Nc1c(Cl)cccc1C(=O)O. The summed E-state index contributed by atoms with van der Waals surface area (Å²) in [6, 6.07) is 4.31. The number of carboxylic acids is 1. The number of benzene rings is 1. The number of carbonyl (C=O) groups excluding carboxylic acids is 1. The Morgan fingerprint density at radius 3 is 2.74 bits per heavy atom. The van der Waals surface area contributed by atoms with Crippen LogP contribution in [0.2, 0.25) is 5.02 Å². The molecule has 2 aromatic rings. The first-order valence-electron chi connectivity index (χ1n) is 5.24. The third kappa shape index (κ3) is 2.58. The summed E-state index contributed by atoms with van der Waals surface area (Å²) in [6.07, 6.45) is 1.13. The lowest BCUT2D eigenvalue weighted by Crippen LogP contribution is -2.15. The fourth-order valence-electron chi connectivity index (χ4n) is 1.52. The number of nitrogens with zero attached hydrogens (tertiary/aromatic N) is 1. The zero-order chi connectivity index (χ0) is 14.0. The lowest BCUT2D eigenvalue weighted by molar-refractivity contribution is 0.0698. The minimum Gasteiger partial charge on any atom is -0.478 e. The van der Waals surface area contributed by atoms with Crippen LogP contribution in [-0.2, 0) is 0 Å². The molecular weight excluding hydrogens is 272 g/mol. The first-order chi connectivity index (χ1) is 9.00. The molecule has 1 aromatic carbocycles. The van der Waals surface area contributed by atoms with Gasteiger partial charge in [-0.1, -0.05) is 17.7 Å². The number of hydrogen-bond donors (Lipinski definition) is 2. The Labute approximate surface area is 113 Å². The summed E-state index contributed by atoms with van der Waals surface area (Å²) in [5.74, 6) is -1.78. The quantitative estimate of drug-likeness (QED) is 0.901. The highest BCUT2D eigenvalue weighted by Gasteiger charge is 2.19. The lowest BCUT2D eigenvalue weighted by atomic mass is 10.1. The first-order valence-corrected chi connectivity index (χ1v) is 5.61. The second kappa shape index (κ2) is 5.11. The van der Waals surface area contributed by atoms with Crippen LogP contribution in [0.1, 0.15) is 26.6 Å². The normalized spacial score (nSPS) is 10.2. The smallest absolute Gasteiger partial charge is 0.337 e. The van der Waals surface area contributed by atoms with Crippen molar-refractivity contribution in [1.82, 2.24) is 4.98 Å². The molecule has 6 nitrogen and oxygen atoms in total. The van der Waals surface area contributed by atoms with Crippen molar-refractivity contribution in [2.75, 3.05) is 5.32 Å². The van der Waals surface area contributed by atoms with E-state index >= 15 is 0 Å². The van der Waals surface area contributed by atoms with Gasteiger partial charge >= 0.3 is 5.97 Å². The van der Waals surface area contributed by atoms with Crippen LogP contribution in [0, 0.1) is 6.92 Å². The molecule has 98 valence electrons. The van der Waals surface area contributed by atoms with E-state index in [1.807, 2.05) is 0 Å². The van der Waals surface area contributed by atoms with E-state index in [1.165, 1.54) is 18.2 Å². The predicted octanol–water partition coefficient (Wildman–Crippen LogP) is 2.59. The van der Waals surface area contributed by atoms with E-state index in [0.717, 1.165) is 6.39 Å². The van der Waals surface area contributed by atoms with E-state index in [-0.39, 0.29) is 22.0 Å². The van der Waals surface area contributed by atoms with Crippen molar-refractivity contribution >= 4 is 29.2 Å². The van der Waals surface area contributed by atoms with E-state index in [2.05, 4.69) is 10.3 Å². The molecule has 1 amide bonds. The van der Waals surface area contributed by atoms with Gasteiger partial charge in [-0.05, 0) is 19.1 Å². The van der Waals surface area contributed by atoms with Gasteiger partial charge in [0.2, 0.25) is 5.76 Å². The molecular formula is C12H9ClN2O4. The van der Waals surface area contributed by atoms with Gasteiger partial charge in [-0.25, -0.2) is 9.78 Å². The number of carbonyl (C=O) groups is 2. The summed E-state index contributed by atoms with van der Waals surface area (Å²) in [4.78, 5) is 26.8. The molecule has 7 heteroatoms. The number of aromatic nitrogens is 1. The van der Waals surface area contributed by atoms with Gasteiger partial charge in [0.25, 0.3) is 5.91 Å². The second-order valence-electron chi connectivity index (χ2n) is 3.69. The highest BCUT2D eigenvalue weighted by molar-refractivity contribution is 6.34. The zero-order valence-electron chi connectivity index (χ0n) is 9.81. The highest BCUT2D eigenvalue weighted by atomic mass is 35.5. The van der Waals surface area contributed by atoms with E-state index < -0.39 is 11.9 Å². The fourth-order valence-corrected chi connectivity index (χ4v) is 1.74. The van der Waals surface area contributed by atoms with Crippen molar-refractivity contribution in [3.8, 4) is 0 Å². The number of para-hydroxylation sites is 1. The Bertz CT molecular complexity index is 651. The number of nitrogens with one attached hydrogen (secondary N) is 1. The van der Waals surface area contributed by atoms with Gasteiger partial charge in [0.1, 0.15) is 0 Å². The Balaban J connectivity index is 2.36. The minimum absolute atomic E-state index is 0.0104. The molecule has 1 heterocycles. The first kappa shape index (κ1) is 13.1. The van der Waals surface area contributed by atoms with Gasteiger partial charge in [0.05, 0.1) is 22.0 Å². The summed E-state index contributed by atoms with van der Waals surface area (Å²) in [6.45, 7) is 1.60. The molecule has 0 saturated heterocycles. The van der Waals surface area contributed by atoms with Crippen molar-refractivity contribution in [3.63, 3.8) is 0 Å². The van der Waals surface area contributed by atoms with Crippen LogP contribution in [-0.4, -0.2) is 22.0 Å². The van der Waals surface area contributed by atoms with Crippen molar-refractivity contribution in [1.29, 1.82) is 0 Å². The number of oxazole rings is 1. The molecule has 0 aliphatic heterocycles. The van der Waals surface area contributed by atoms with Gasteiger partial charge in [0, 0.05) is 0 Å². The Morgan fingerprint density at radius 1 is 1.42 bits per heavy atom. The average molecular weight is 281 g/mol. The highest BCUT2D eigenvalue weighted by Crippen LogP contribution is 2.26. The molecule has 0 bridgehead atoms. The number of amides is 1. The van der Waals surface area contributed by atoms with Crippen LogP contribution in [0.3, 0.4) is 0 Å². The third-order valence-corrected chi connectivity index (χ3v) is 2.75. The standard InChI is InChI=1S/C12H9ClN2O4/c1-6-10(19-5-14-6)11(16)15-9-7(12(17)18)3-2-4-8(9)13/h2-5H,1H3,(H,15,16)(H,17,18). The largest absolute Gasteiger partial charge is 0.478 e. The van der Waals surface area contributed by atoms with Crippen LogP contribution in [0.5, 0.6) is 0 Å². The second-order valence-corrected chi connectivity index (χ2v) is 4.10. The van der Waals surface area contributed by atoms with Crippen LogP contribution >= 0.6 is 11.6 Å². The third-order valence-electron chi connectivity index (χ3n) is 2.43. The number of hydrogen-bond acceptors (Lipinski definition) is 4. The molecule has 0 saturated carbocycles. The maximum absolute atomic E-state index is 11.9.